The number of nitrogens with zero attached hydrogens (tertiary/aromatic N) is 3. The Balaban J connectivity index is 2.16. The van der Waals surface area contributed by atoms with Gasteiger partial charge in [0.1, 0.15) is 6.04 Å². The van der Waals surface area contributed by atoms with E-state index in [1.165, 1.54) is 11.8 Å². The zero-order valence-electron chi connectivity index (χ0n) is 11.0. The molecule has 0 aliphatic carbocycles. The van der Waals surface area contributed by atoms with E-state index in [1.807, 2.05) is 6.26 Å². The second-order valence-corrected chi connectivity index (χ2v) is 5.30. The monoisotopic (exact) mass is 311 g/mol. The number of hydrogen-bond donors (Lipinski definition) is 2. The van der Waals surface area contributed by atoms with E-state index in [0.717, 1.165) is 0 Å². The Morgan fingerprint density at radius 2 is 2.05 bits per heavy atom. The van der Waals surface area contributed by atoms with Crippen LogP contribution in [-0.4, -0.2) is 26.9 Å². The van der Waals surface area contributed by atoms with Gasteiger partial charge >= 0.3 is 0 Å². The molecule has 0 aliphatic heterocycles. The van der Waals surface area contributed by atoms with Crippen molar-refractivity contribution in [3.8, 4) is 0 Å². The maximum absolute atomic E-state index is 12.2. The summed E-state index contributed by atoms with van der Waals surface area (Å²) < 4.78 is 1.59. The van der Waals surface area contributed by atoms with Crippen molar-refractivity contribution in [2.45, 2.75) is 18.1 Å². The average molecular weight is 312 g/mol. The standard InChI is InChI=1S/C12H14ClN5OS/c1-7(18-11(14)16-17-12(18)20-2)10(19)15-9-5-3-8(13)4-6-9/h3-7H,1-2H3,(H2,14,16)(H,15,19)/t7-/m0/s1. The van der Waals surface area contributed by atoms with Crippen LogP contribution < -0.4 is 11.1 Å². The van der Waals surface area contributed by atoms with Crippen LogP contribution in [0.2, 0.25) is 5.02 Å². The summed E-state index contributed by atoms with van der Waals surface area (Å²) in [7, 11) is 0. The summed E-state index contributed by atoms with van der Waals surface area (Å²) in [6.45, 7) is 1.74. The zero-order chi connectivity index (χ0) is 14.7. The van der Waals surface area contributed by atoms with E-state index >= 15 is 0 Å². The van der Waals surface area contributed by atoms with Gasteiger partial charge in [-0.3, -0.25) is 9.36 Å². The topological polar surface area (TPSA) is 85.8 Å². The number of nitrogens with one attached hydrogen (secondary N) is 1. The van der Waals surface area contributed by atoms with Crippen molar-refractivity contribution in [2.75, 3.05) is 17.3 Å². The summed E-state index contributed by atoms with van der Waals surface area (Å²) in [5.41, 5.74) is 6.42. The van der Waals surface area contributed by atoms with Crippen LogP contribution >= 0.6 is 23.4 Å². The molecule has 0 bridgehead atoms. The first-order valence-corrected chi connectivity index (χ1v) is 7.44. The molecule has 2 aromatic rings. The number of rotatable bonds is 4. The molecular formula is C12H14ClN5OS. The number of aromatic nitrogens is 3. The molecule has 20 heavy (non-hydrogen) atoms. The predicted octanol–water partition coefficient (Wildman–Crippen LogP) is 2.44. The highest BCUT2D eigenvalue weighted by atomic mass is 35.5. The van der Waals surface area contributed by atoms with Gasteiger partial charge in [0.25, 0.3) is 0 Å². The summed E-state index contributed by atoms with van der Waals surface area (Å²) in [6.07, 6.45) is 1.85. The summed E-state index contributed by atoms with van der Waals surface area (Å²) >= 11 is 7.18. The van der Waals surface area contributed by atoms with Crippen LogP contribution in [0, 0.1) is 0 Å². The fraction of sp³-hybridized carbons (Fsp3) is 0.250. The van der Waals surface area contributed by atoms with Gasteiger partial charge in [-0.15, -0.1) is 10.2 Å². The first kappa shape index (κ1) is 14.7. The molecule has 1 amide bonds. The zero-order valence-corrected chi connectivity index (χ0v) is 12.6. The van der Waals surface area contributed by atoms with Crippen LogP contribution in [0.25, 0.3) is 0 Å². The molecule has 6 nitrogen and oxygen atoms in total. The average Bonchev–Trinajstić information content (AvgIpc) is 2.81. The molecule has 1 aromatic carbocycles. The molecule has 106 valence electrons. The van der Waals surface area contributed by atoms with Crippen LogP contribution in [0.3, 0.4) is 0 Å². The predicted molar refractivity (Wildman–Crippen MR) is 81.0 cm³/mol. The SMILES string of the molecule is CSc1nnc(N)n1[C@@H](C)C(=O)Nc1ccc(Cl)cc1. The lowest BCUT2D eigenvalue weighted by molar-refractivity contribution is -0.118. The van der Waals surface area contributed by atoms with Gasteiger partial charge in [0.15, 0.2) is 5.16 Å². The van der Waals surface area contributed by atoms with Crippen LogP contribution in [-0.2, 0) is 4.79 Å². The normalized spacial score (nSPS) is 12.2. The maximum Gasteiger partial charge on any atom is 0.247 e. The number of nitrogens with two attached hydrogens (primary N) is 1. The van der Waals surface area contributed by atoms with Crippen molar-refractivity contribution < 1.29 is 4.79 Å². The highest BCUT2D eigenvalue weighted by Crippen LogP contribution is 2.22. The number of amides is 1. The Bertz CT molecular complexity index is 613. The van der Waals surface area contributed by atoms with Crippen LogP contribution in [0.5, 0.6) is 0 Å². The number of hydrogen-bond acceptors (Lipinski definition) is 5. The van der Waals surface area contributed by atoms with Gasteiger partial charge < -0.3 is 11.1 Å². The lowest BCUT2D eigenvalue weighted by Gasteiger charge is -2.15. The third-order valence-corrected chi connectivity index (χ3v) is 3.65. The molecule has 1 atom stereocenters. The first-order chi connectivity index (χ1) is 9.52. The maximum atomic E-state index is 12.2. The highest BCUT2D eigenvalue weighted by molar-refractivity contribution is 7.98. The number of carbonyl (C=O) groups is 1. The smallest absolute Gasteiger partial charge is 0.247 e. The van der Waals surface area contributed by atoms with E-state index < -0.39 is 6.04 Å². The summed E-state index contributed by atoms with van der Waals surface area (Å²) in [5.74, 6) is 0.0160. The quantitative estimate of drug-likeness (QED) is 0.847. The van der Waals surface area contributed by atoms with Gasteiger partial charge in [-0.2, -0.15) is 0 Å². The number of benzene rings is 1. The van der Waals surface area contributed by atoms with Gasteiger partial charge in [-0.05, 0) is 37.4 Å². The molecule has 8 heteroatoms. The van der Waals surface area contributed by atoms with Gasteiger partial charge in [0, 0.05) is 10.7 Å². The second-order valence-electron chi connectivity index (χ2n) is 4.09. The molecule has 0 radical (unpaired) electrons. The Labute approximate surface area is 125 Å². The number of carbonyl (C=O) groups excluding carboxylic acids is 1. The Hall–Kier alpha value is -1.73. The first-order valence-electron chi connectivity index (χ1n) is 5.83. The third kappa shape index (κ3) is 3.05. The molecule has 3 N–H and O–H groups in total. The van der Waals surface area contributed by atoms with Gasteiger partial charge in [-0.1, -0.05) is 23.4 Å². The van der Waals surface area contributed by atoms with Crippen molar-refractivity contribution in [2.24, 2.45) is 0 Å². The molecule has 1 heterocycles. The number of nitrogen functional groups attached to an aromatic ring is 1. The summed E-state index contributed by atoms with van der Waals surface area (Å²) in [6, 6.07) is 6.38. The van der Waals surface area contributed by atoms with Crippen molar-refractivity contribution >= 4 is 40.9 Å². The summed E-state index contributed by atoms with van der Waals surface area (Å²) in [5, 5.41) is 11.7. The van der Waals surface area contributed by atoms with E-state index in [9.17, 15) is 4.79 Å². The minimum atomic E-state index is -0.511. The second kappa shape index (κ2) is 6.15. The molecule has 0 spiro atoms. The molecule has 1 aromatic heterocycles. The lowest BCUT2D eigenvalue weighted by Crippen LogP contribution is -2.25. The minimum absolute atomic E-state index is 0.200. The largest absolute Gasteiger partial charge is 0.368 e. The molecule has 0 unspecified atom stereocenters. The fourth-order valence-electron chi connectivity index (χ4n) is 1.69. The molecule has 0 saturated carbocycles. The van der Waals surface area contributed by atoms with E-state index in [0.29, 0.717) is 15.9 Å². The third-order valence-electron chi connectivity index (χ3n) is 2.75. The summed E-state index contributed by atoms with van der Waals surface area (Å²) in [4.78, 5) is 12.2. The molecule has 0 fully saturated rings. The van der Waals surface area contributed by atoms with Crippen molar-refractivity contribution in [3.63, 3.8) is 0 Å². The van der Waals surface area contributed by atoms with Crippen LogP contribution in [0.15, 0.2) is 29.4 Å². The highest BCUT2D eigenvalue weighted by Gasteiger charge is 2.21. The van der Waals surface area contributed by atoms with Crippen molar-refractivity contribution in [1.29, 1.82) is 0 Å². The molecule has 0 aliphatic rings. The van der Waals surface area contributed by atoms with Crippen molar-refractivity contribution in [3.05, 3.63) is 29.3 Å². The number of thioether (sulfide) groups is 1. The van der Waals surface area contributed by atoms with E-state index in [-0.39, 0.29) is 11.9 Å². The molecule has 2 rings (SSSR count). The van der Waals surface area contributed by atoms with Gasteiger partial charge in [0.05, 0.1) is 0 Å². The van der Waals surface area contributed by atoms with Gasteiger partial charge in [-0.25, -0.2) is 0 Å². The van der Waals surface area contributed by atoms with Gasteiger partial charge in [0.2, 0.25) is 11.9 Å². The van der Waals surface area contributed by atoms with Crippen molar-refractivity contribution in [1.82, 2.24) is 14.8 Å². The van der Waals surface area contributed by atoms with E-state index in [2.05, 4.69) is 15.5 Å². The van der Waals surface area contributed by atoms with Crippen LogP contribution in [0.1, 0.15) is 13.0 Å². The minimum Gasteiger partial charge on any atom is -0.368 e. The molecular weight excluding hydrogens is 298 g/mol. The Morgan fingerprint density at radius 3 is 2.65 bits per heavy atom. The van der Waals surface area contributed by atoms with E-state index in [1.54, 1.807) is 35.8 Å². The van der Waals surface area contributed by atoms with E-state index in [4.69, 9.17) is 17.3 Å². The fourth-order valence-corrected chi connectivity index (χ4v) is 2.39. The number of halogens is 1. The molecule has 0 saturated heterocycles. The lowest BCUT2D eigenvalue weighted by atomic mass is 10.2. The number of anilines is 2. The Morgan fingerprint density at radius 1 is 1.40 bits per heavy atom. The van der Waals surface area contributed by atoms with Crippen LogP contribution in [0.4, 0.5) is 11.6 Å². The Kier molecular flexibility index (Phi) is 4.51.